The maximum atomic E-state index is 10.3. The van der Waals surface area contributed by atoms with Gasteiger partial charge in [-0.15, -0.1) is 0 Å². The molecule has 52 valence electrons. The topological polar surface area (TPSA) is 43.3 Å². The Balaban J connectivity index is 0.000000810. The van der Waals surface area contributed by atoms with Gasteiger partial charge in [-0.25, -0.2) is 0 Å². The molecule has 0 unspecified atom stereocenters. The third-order valence-electron chi connectivity index (χ3n) is 1.76. The first-order valence-electron chi connectivity index (χ1n) is 3.38. The molecule has 0 radical (unpaired) electrons. The zero-order chi connectivity index (χ0) is 6.69. The molecule has 3 heteroatoms. The van der Waals surface area contributed by atoms with Crippen molar-refractivity contribution < 1.29 is 29.1 Å². The van der Waals surface area contributed by atoms with Crippen LogP contribution in [0, 0.1) is 0 Å². The van der Waals surface area contributed by atoms with E-state index in [0.29, 0.717) is 0 Å². The number of allylic oxidation sites excluding steroid dienone is 1. The molecule has 1 aliphatic carbocycles. The van der Waals surface area contributed by atoms with Gasteiger partial charge in [0, 0.05) is 5.95 Å². The summed E-state index contributed by atoms with van der Waals surface area (Å²) in [4.78, 5) is 0. The average Bonchev–Trinajstić information content (AvgIpc) is 1.90. The van der Waals surface area contributed by atoms with Crippen LogP contribution < -0.4 is 24.0 Å². The van der Waals surface area contributed by atoms with E-state index in [1.54, 1.807) is 0 Å². The summed E-state index contributed by atoms with van der Waals surface area (Å²) in [5.41, 5.74) is 0.723. The third-order valence-corrected chi connectivity index (χ3v) is 1.76. The van der Waals surface area contributed by atoms with Crippen molar-refractivity contribution in [3.05, 3.63) is 11.5 Å². The molecule has 0 bridgehead atoms. The predicted octanol–water partition coefficient (Wildman–Crippen LogP) is -1.92. The largest absolute Gasteiger partial charge is 1.00 e. The molecule has 0 heterocycles. The van der Waals surface area contributed by atoms with Gasteiger partial charge in [-0.05, 0) is 31.3 Å². The molecular formula is C7H11LiO2. The second-order valence-electron chi connectivity index (χ2n) is 2.47. The quantitative estimate of drug-likeness (QED) is 0.310. The molecule has 1 aliphatic rings. The van der Waals surface area contributed by atoms with Gasteiger partial charge in [-0.1, -0.05) is 6.42 Å². The van der Waals surface area contributed by atoms with Crippen molar-refractivity contribution in [2.45, 2.75) is 32.1 Å². The van der Waals surface area contributed by atoms with Crippen LogP contribution in [0.4, 0.5) is 0 Å². The van der Waals surface area contributed by atoms with Crippen LogP contribution in [0.1, 0.15) is 32.1 Å². The maximum absolute atomic E-state index is 10.3. The monoisotopic (exact) mass is 134 g/mol. The van der Waals surface area contributed by atoms with Gasteiger partial charge in [0.15, 0.2) is 0 Å². The molecule has 2 nitrogen and oxygen atoms in total. The molecule has 0 saturated heterocycles. The number of hydrogen-bond donors (Lipinski definition) is 1. The second-order valence-corrected chi connectivity index (χ2v) is 2.47. The van der Waals surface area contributed by atoms with E-state index >= 15 is 0 Å². The van der Waals surface area contributed by atoms with Gasteiger partial charge >= 0.3 is 18.9 Å². The van der Waals surface area contributed by atoms with Crippen LogP contribution in [-0.2, 0) is 0 Å². The van der Waals surface area contributed by atoms with Crippen LogP contribution in [0.5, 0.6) is 0 Å². The number of hydrogen-bond acceptors (Lipinski definition) is 2. The Hall–Kier alpha value is -0.0626. The molecule has 1 rings (SSSR count). The molecule has 1 N–H and O–H groups in total. The Morgan fingerprint density at radius 3 is 2.00 bits per heavy atom. The molecule has 0 aromatic carbocycles. The number of rotatable bonds is 0. The molecule has 1 fully saturated rings. The van der Waals surface area contributed by atoms with Gasteiger partial charge in [-0.2, -0.15) is 0 Å². The average molecular weight is 134 g/mol. The number of aliphatic hydroxyl groups excluding tert-OH is 1. The minimum absolute atomic E-state index is 0. The Bertz CT molecular complexity index is 120. The molecule has 0 aromatic heterocycles. The van der Waals surface area contributed by atoms with Crippen LogP contribution in [0.25, 0.3) is 0 Å². The second kappa shape index (κ2) is 4.71. The van der Waals surface area contributed by atoms with Gasteiger partial charge in [0.2, 0.25) is 0 Å². The smallest absolute Gasteiger partial charge is 0.629 e. The summed E-state index contributed by atoms with van der Waals surface area (Å²) < 4.78 is 0. The van der Waals surface area contributed by atoms with E-state index in [4.69, 9.17) is 5.11 Å². The van der Waals surface area contributed by atoms with Crippen molar-refractivity contribution in [3.8, 4) is 0 Å². The molecule has 0 aliphatic heterocycles. The van der Waals surface area contributed by atoms with Gasteiger partial charge in [0.1, 0.15) is 0 Å². The Morgan fingerprint density at radius 1 is 1.20 bits per heavy atom. The van der Waals surface area contributed by atoms with Crippen LogP contribution >= 0.6 is 0 Å². The SMILES string of the molecule is [Li+].[O-]C(O)=C1CCCCC1. The van der Waals surface area contributed by atoms with E-state index in [1.165, 1.54) is 6.42 Å². The summed E-state index contributed by atoms with van der Waals surface area (Å²) in [5, 5.41) is 18.8. The maximum Gasteiger partial charge on any atom is 1.00 e. The van der Waals surface area contributed by atoms with E-state index in [0.717, 1.165) is 31.3 Å². The predicted molar refractivity (Wildman–Crippen MR) is 32.7 cm³/mol. The van der Waals surface area contributed by atoms with E-state index in [-0.39, 0.29) is 18.9 Å². The molecule has 0 amide bonds. The van der Waals surface area contributed by atoms with Gasteiger partial charge in [-0.3, -0.25) is 0 Å². The van der Waals surface area contributed by atoms with Crippen LogP contribution in [-0.4, -0.2) is 5.11 Å². The molecule has 0 spiro atoms. The molecule has 0 atom stereocenters. The van der Waals surface area contributed by atoms with Crippen molar-refractivity contribution in [1.82, 2.24) is 0 Å². The Kier molecular flexibility index (Phi) is 4.68. The Morgan fingerprint density at radius 2 is 1.70 bits per heavy atom. The van der Waals surface area contributed by atoms with Crippen molar-refractivity contribution in [2.75, 3.05) is 0 Å². The van der Waals surface area contributed by atoms with E-state index in [2.05, 4.69) is 0 Å². The van der Waals surface area contributed by atoms with Crippen molar-refractivity contribution in [1.29, 1.82) is 0 Å². The minimum atomic E-state index is -0.685. The normalized spacial score (nSPS) is 17.8. The van der Waals surface area contributed by atoms with Crippen molar-refractivity contribution in [2.24, 2.45) is 0 Å². The summed E-state index contributed by atoms with van der Waals surface area (Å²) in [5.74, 6) is -0.685. The fourth-order valence-corrected chi connectivity index (χ4v) is 1.19. The summed E-state index contributed by atoms with van der Waals surface area (Å²) in [6.45, 7) is 0. The summed E-state index contributed by atoms with van der Waals surface area (Å²) in [6.07, 6.45) is 4.98. The molecule has 1 saturated carbocycles. The molecule has 10 heavy (non-hydrogen) atoms. The number of aliphatic hydroxyl groups is 1. The van der Waals surface area contributed by atoms with Crippen LogP contribution in [0.2, 0.25) is 0 Å². The first-order valence-corrected chi connectivity index (χ1v) is 3.38. The minimum Gasteiger partial charge on any atom is -0.629 e. The summed E-state index contributed by atoms with van der Waals surface area (Å²) in [7, 11) is 0. The van der Waals surface area contributed by atoms with Crippen molar-refractivity contribution >= 4 is 0 Å². The van der Waals surface area contributed by atoms with Crippen LogP contribution in [0.3, 0.4) is 0 Å². The third kappa shape index (κ3) is 2.68. The standard InChI is InChI=1S/C7H12O2.Li/c8-7(9)6-4-2-1-3-5-6;/h8-9H,1-5H2;/q;+1/p-1. The van der Waals surface area contributed by atoms with Gasteiger partial charge in [0.25, 0.3) is 0 Å². The fourth-order valence-electron chi connectivity index (χ4n) is 1.19. The van der Waals surface area contributed by atoms with Crippen molar-refractivity contribution in [3.63, 3.8) is 0 Å². The zero-order valence-electron chi connectivity index (χ0n) is 6.39. The Labute approximate surface area is 73.1 Å². The summed E-state index contributed by atoms with van der Waals surface area (Å²) >= 11 is 0. The van der Waals surface area contributed by atoms with Gasteiger partial charge in [0.05, 0.1) is 0 Å². The van der Waals surface area contributed by atoms with E-state index in [9.17, 15) is 5.11 Å². The fraction of sp³-hybridized carbons (Fsp3) is 0.714. The first kappa shape index (κ1) is 9.94. The molecule has 0 aromatic rings. The summed E-state index contributed by atoms with van der Waals surface area (Å²) in [6, 6.07) is 0. The van der Waals surface area contributed by atoms with E-state index < -0.39 is 5.95 Å². The van der Waals surface area contributed by atoms with Gasteiger partial charge < -0.3 is 10.2 Å². The van der Waals surface area contributed by atoms with Crippen LogP contribution in [0.15, 0.2) is 11.5 Å². The van der Waals surface area contributed by atoms with E-state index in [1.807, 2.05) is 0 Å². The first-order chi connectivity index (χ1) is 4.30. The molecular weight excluding hydrogens is 123 g/mol. The zero-order valence-corrected chi connectivity index (χ0v) is 6.39.